The van der Waals surface area contributed by atoms with Crippen LogP contribution in [-0.2, 0) is 6.54 Å². The van der Waals surface area contributed by atoms with Crippen LogP contribution in [0.3, 0.4) is 0 Å². The van der Waals surface area contributed by atoms with Crippen molar-refractivity contribution >= 4 is 5.97 Å². The van der Waals surface area contributed by atoms with Crippen LogP contribution in [0.1, 0.15) is 23.3 Å². The van der Waals surface area contributed by atoms with Crippen molar-refractivity contribution in [3.8, 4) is 0 Å². The van der Waals surface area contributed by atoms with Crippen molar-refractivity contribution in [1.82, 2.24) is 24.8 Å². The maximum atomic E-state index is 10.7. The van der Waals surface area contributed by atoms with Crippen molar-refractivity contribution in [3.05, 3.63) is 11.9 Å². The number of aromatic nitrogens is 3. The van der Waals surface area contributed by atoms with Gasteiger partial charge >= 0.3 is 5.97 Å². The first-order valence-corrected chi connectivity index (χ1v) is 6.58. The third kappa shape index (κ3) is 3.74. The van der Waals surface area contributed by atoms with Gasteiger partial charge in [-0.3, -0.25) is 9.58 Å². The lowest BCUT2D eigenvalue weighted by molar-refractivity contribution is 0.0690. The average Bonchev–Trinajstić information content (AvgIpc) is 2.94. The minimum Gasteiger partial charge on any atom is -0.476 e. The molecule has 1 fully saturated rings. The molecule has 1 unspecified atom stereocenters. The molecule has 19 heavy (non-hydrogen) atoms. The Kier molecular flexibility index (Phi) is 4.49. The van der Waals surface area contributed by atoms with E-state index in [4.69, 9.17) is 5.11 Å². The standard InChI is InChI=1S/C12H21N5O2/c1-15(2)8-10-4-3-5-16(10)6-7-17-9-11(12(18)19)13-14-17/h9-10H,3-8H2,1-2H3,(H,18,19). The Morgan fingerprint density at radius 1 is 1.53 bits per heavy atom. The average molecular weight is 267 g/mol. The quantitative estimate of drug-likeness (QED) is 0.782. The molecule has 1 aromatic heterocycles. The van der Waals surface area contributed by atoms with Crippen LogP contribution in [0.2, 0.25) is 0 Å². The molecule has 7 heteroatoms. The monoisotopic (exact) mass is 267 g/mol. The Hall–Kier alpha value is -1.47. The highest BCUT2D eigenvalue weighted by molar-refractivity contribution is 5.84. The van der Waals surface area contributed by atoms with E-state index in [1.807, 2.05) is 0 Å². The van der Waals surface area contributed by atoms with Gasteiger partial charge in [-0.15, -0.1) is 5.10 Å². The maximum Gasteiger partial charge on any atom is 0.358 e. The lowest BCUT2D eigenvalue weighted by Gasteiger charge is -2.26. The molecule has 1 N–H and O–H groups in total. The number of rotatable bonds is 6. The topological polar surface area (TPSA) is 74.5 Å². The number of likely N-dealkylation sites (tertiary alicyclic amines) is 1. The molecule has 7 nitrogen and oxygen atoms in total. The van der Waals surface area contributed by atoms with Crippen LogP contribution < -0.4 is 0 Å². The Balaban J connectivity index is 1.85. The second-order valence-corrected chi connectivity index (χ2v) is 5.27. The Morgan fingerprint density at radius 3 is 2.95 bits per heavy atom. The number of nitrogens with zero attached hydrogens (tertiary/aromatic N) is 5. The first-order chi connectivity index (χ1) is 9.06. The number of carboxylic acids is 1. The van der Waals surface area contributed by atoms with Gasteiger partial charge in [-0.25, -0.2) is 4.79 Å². The van der Waals surface area contributed by atoms with Gasteiger partial charge in [0.25, 0.3) is 0 Å². The molecule has 1 aromatic rings. The largest absolute Gasteiger partial charge is 0.476 e. The number of carbonyl (C=O) groups is 1. The van der Waals surface area contributed by atoms with E-state index < -0.39 is 5.97 Å². The third-order valence-corrected chi connectivity index (χ3v) is 3.45. The summed E-state index contributed by atoms with van der Waals surface area (Å²) in [5.41, 5.74) is 0.00580. The predicted octanol–water partition coefficient (Wildman–Crippen LogP) is 0.00230. The van der Waals surface area contributed by atoms with Crippen molar-refractivity contribution < 1.29 is 9.90 Å². The van der Waals surface area contributed by atoms with Crippen molar-refractivity contribution in [2.45, 2.75) is 25.4 Å². The molecular weight excluding hydrogens is 246 g/mol. The maximum absolute atomic E-state index is 10.7. The van der Waals surface area contributed by atoms with Gasteiger partial charge in [-0.1, -0.05) is 5.21 Å². The fraction of sp³-hybridized carbons (Fsp3) is 0.750. The fourth-order valence-corrected chi connectivity index (χ4v) is 2.55. The van der Waals surface area contributed by atoms with Crippen LogP contribution in [0.25, 0.3) is 0 Å². The van der Waals surface area contributed by atoms with E-state index in [9.17, 15) is 4.79 Å². The Bertz CT molecular complexity index is 432. The number of likely N-dealkylation sites (N-methyl/N-ethyl adjacent to an activating group) is 1. The van der Waals surface area contributed by atoms with Gasteiger partial charge in [-0.05, 0) is 33.5 Å². The Labute approximate surface area is 112 Å². The highest BCUT2D eigenvalue weighted by Gasteiger charge is 2.24. The van der Waals surface area contributed by atoms with Gasteiger partial charge in [-0.2, -0.15) is 0 Å². The molecule has 1 saturated heterocycles. The van der Waals surface area contributed by atoms with Crippen LogP contribution in [0.15, 0.2) is 6.20 Å². The molecule has 106 valence electrons. The molecule has 0 bridgehead atoms. The van der Waals surface area contributed by atoms with Crippen molar-refractivity contribution in [2.75, 3.05) is 33.7 Å². The fourth-order valence-electron chi connectivity index (χ4n) is 2.55. The van der Waals surface area contributed by atoms with E-state index in [1.54, 1.807) is 4.68 Å². The summed E-state index contributed by atoms with van der Waals surface area (Å²) < 4.78 is 1.61. The van der Waals surface area contributed by atoms with Gasteiger partial charge in [0.1, 0.15) is 0 Å². The van der Waals surface area contributed by atoms with Crippen LogP contribution in [-0.4, -0.2) is 75.6 Å². The minimum absolute atomic E-state index is 0.00580. The third-order valence-electron chi connectivity index (χ3n) is 3.45. The second kappa shape index (κ2) is 6.12. The number of carboxylic acid groups (broad SMARTS) is 1. The van der Waals surface area contributed by atoms with E-state index in [1.165, 1.54) is 19.0 Å². The van der Waals surface area contributed by atoms with E-state index in [0.717, 1.165) is 19.6 Å². The molecular formula is C12H21N5O2. The second-order valence-electron chi connectivity index (χ2n) is 5.27. The van der Waals surface area contributed by atoms with Crippen LogP contribution in [0.5, 0.6) is 0 Å². The SMILES string of the molecule is CN(C)CC1CCCN1CCn1cc(C(=O)O)nn1. The molecule has 1 atom stereocenters. The number of aromatic carboxylic acids is 1. The zero-order valence-electron chi connectivity index (χ0n) is 11.5. The highest BCUT2D eigenvalue weighted by atomic mass is 16.4. The Morgan fingerprint density at radius 2 is 2.32 bits per heavy atom. The molecule has 0 aromatic carbocycles. The van der Waals surface area contributed by atoms with Crippen molar-refractivity contribution in [2.24, 2.45) is 0 Å². The van der Waals surface area contributed by atoms with Crippen LogP contribution in [0, 0.1) is 0 Å². The first-order valence-electron chi connectivity index (χ1n) is 6.58. The summed E-state index contributed by atoms with van der Waals surface area (Å²) in [6.45, 7) is 3.75. The van der Waals surface area contributed by atoms with Crippen molar-refractivity contribution in [3.63, 3.8) is 0 Å². The summed E-state index contributed by atoms with van der Waals surface area (Å²) in [7, 11) is 4.18. The molecule has 0 amide bonds. The van der Waals surface area contributed by atoms with Crippen LogP contribution in [0.4, 0.5) is 0 Å². The van der Waals surface area contributed by atoms with E-state index in [-0.39, 0.29) is 5.69 Å². The summed E-state index contributed by atoms with van der Waals surface area (Å²) in [5.74, 6) is -1.03. The molecule has 0 saturated carbocycles. The normalized spacial score (nSPS) is 20.3. The van der Waals surface area contributed by atoms with Gasteiger partial charge in [0.15, 0.2) is 5.69 Å². The summed E-state index contributed by atoms with van der Waals surface area (Å²) in [5, 5.41) is 16.2. The van der Waals surface area contributed by atoms with E-state index >= 15 is 0 Å². The zero-order valence-corrected chi connectivity index (χ0v) is 11.5. The lowest BCUT2D eigenvalue weighted by atomic mass is 10.2. The smallest absolute Gasteiger partial charge is 0.358 e. The van der Waals surface area contributed by atoms with Gasteiger partial charge in [0.05, 0.1) is 12.7 Å². The number of hydrogen-bond acceptors (Lipinski definition) is 5. The molecule has 2 heterocycles. The summed E-state index contributed by atoms with van der Waals surface area (Å²) >= 11 is 0. The summed E-state index contributed by atoms with van der Waals surface area (Å²) in [4.78, 5) is 15.4. The molecule has 2 rings (SSSR count). The number of hydrogen-bond donors (Lipinski definition) is 1. The molecule has 0 radical (unpaired) electrons. The van der Waals surface area contributed by atoms with E-state index in [2.05, 4.69) is 34.2 Å². The molecule has 0 spiro atoms. The van der Waals surface area contributed by atoms with Crippen LogP contribution >= 0.6 is 0 Å². The predicted molar refractivity (Wildman–Crippen MR) is 70.1 cm³/mol. The van der Waals surface area contributed by atoms with Gasteiger partial charge < -0.3 is 10.0 Å². The van der Waals surface area contributed by atoms with E-state index in [0.29, 0.717) is 12.6 Å². The minimum atomic E-state index is -1.03. The molecule has 1 aliphatic rings. The van der Waals surface area contributed by atoms with Gasteiger partial charge in [0, 0.05) is 19.1 Å². The van der Waals surface area contributed by atoms with Gasteiger partial charge in [0.2, 0.25) is 0 Å². The zero-order chi connectivity index (χ0) is 13.8. The lowest BCUT2D eigenvalue weighted by Crippen LogP contribution is -2.39. The first kappa shape index (κ1) is 14.0. The van der Waals surface area contributed by atoms with Crippen molar-refractivity contribution in [1.29, 1.82) is 0 Å². The molecule has 0 aliphatic carbocycles. The highest BCUT2D eigenvalue weighted by Crippen LogP contribution is 2.17. The molecule has 1 aliphatic heterocycles. The summed E-state index contributed by atoms with van der Waals surface area (Å²) in [6.07, 6.45) is 3.95. The summed E-state index contributed by atoms with van der Waals surface area (Å²) in [6, 6.07) is 0.595.